The van der Waals surface area contributed by atoms with Crippen molar-refractivity contribution in [3.63, 3.8) is 0 Å². The molecule has 2 fully saturated rings. The maximum absolute atomic E-state index is 12.1. The molecule has 6 nitrogen and oxygen atoms in total. The quantitative estimate of drug-likeness (QED) is 0.735. The smallest absolute Gasteiger partial charge is 0.410 e. The van der Waals surface area contributed by atoms with Crippen LogP contribution in [0.3, 0.4) is 0 Å². The third-order valence-electron chi connectivity index (χ3n) is 4.03. The van der Waals surface area contributed by atoms with Crippen LogP contribution in [0.5, 0.6) is 0 Å². The summed E-state index contributed by atoms with van der Waals surface area (Å²) in [5.74, 6) is 0. The summed E-state index contributed by atoms with van der Waals surface area (Å²) in [4.78, 5) is 27.4. The number of hydrogen-bond donors (Lipinski definition) is 1. The van der Waals surface area contributed by atoms with Crippen molar-refractivity contribution in [1.82, 2.24) is 15.1 Å². The lowest BCUT2D eigenvalue weighted by Crippen LogP contribution is -2.40. The van der Waals surface area contributed by atoms with Gasteiger partial charge in [0, 0.05) is 38.6 Å². The molecule has 1 N–H and O–H groups in total. The van der Waals surface area contributed by atoms with Gasteiger partial charge in [0.15, 0.2) is 0 Å². The molecule has 2 aliphatic rings. The van der Waals surface area contributed by atoms with Gasteiger partial charge in [-0.05, 0) is 33.6 Å². The van der Waals surface area contributed by atoms with Crippen LogP contribution in [-0.4, -0.2) is 60.8 Å². The highest BCUT2D eigenvalue weighted by atomic mass is 16.6. The summed E-state index contributed by atoms with van der Waals surface area (Å²) < 4.78 is 5.41. The third kappa shape index (κ3) is 3.16. The molecule has 1 atom stereocenters. The summed E-state index contributed by atoms with van der Waals surface area (Å²) in [6, 6.07) is -0.0300. The Morgan fingerprint density at radius 1 is 1.10 bits per heavy atom. The molecular weight excluding hydrogens is 258 g/mol. The van der Waals surface area contributed by atoms with Gasteiger partial charge in [0.1, 0.15) is 5.60 Å². The predicted octanol–water partition coefficient (Wildman–Crippen LogP) is 1.66. The van der Waals surface area contributed by atoms with Gasteiger partial charge in [-0.2, -0.15) is 0 Å². The van der Waals surface area contributed by atoms with Gasteiger partial charge in [-0.3, -0.25) is 0 Å². The van der Waals surface area contributed by atoms with E-state index >= 15 is 0 Å². The maximum Gasteiger partial charge on any atom is 0.410 e. The number of carbonyl (C=O) groups excluding carboxylic acids is 2. The maximum atomic E-state index is 12.1. The number of urea groups is 1. The molecule has 0 bridgehead atoms. The SMILES string of the molecule is CNC(=O)N1CCC2(CCN(C(=O)OC(C)(C)C)C2)C1. The second kappa shape index (κ2) is 5.14. The first-order valence-corrected chi connectivity index (χ1v) is 7.19. The Labute approximate surface area is 120 Å². The largest absolute Gasteiger partial charge is 0.444 e. The van der Waals surface area contributed by atoms with Crippen molar-refractivity contribution in [3.05, 3.63) is 0 Å². The molecule has 6 heteroatoms. The summed E-state index contributed by atoms with van der Waals surface area (Å²) in [7, 11) is 1.65. The van der Waals surface area contributed by atoms with Crippen LogP contribution >= 0.6 is 0 Å². The van der Waals surface area contributed by atoms with Gasteiger partial charge in [-0.1, -0.05) is 0 Å². The van der Waals surface area contributed by atoms with Gasteiger partial charge in [-0.25, -0.2) is 9.59 Å². The fraction of sp³-hybridized carbons (Fsp3) is 0.857. The van der Waals surface area contributed by atoms with Crippen LogP contribution in [0.4, 0.5) is 9.59 Å². The zero-order chi connectivity index (χ0) is 15.0. The van der Waals surface area contributed by atoms with Crippen LogP contribution in [0.1, 0.15) is 33.6 Å². The van der Waals surface area contributed by atoms with Crippen LogP contribution in [0.25, 0.3) is 0 Å². The summed E-state index contributed by atoms with van der Waals surface area (Å²) in [6.07, 6.45) is 1.66. The van der Waals surface area contributed by atoms with Gasteiger partial charge in [0.05, 0.1) is 0 Å². The van der Waals surface area contributed by atoms with E-state index in [-0.39, 0.29) is 17.5 Å². The molecule has 2 aliphatic heterocycles. The van der Waals surface area contributed by atoms with E-state index < -0.39 is 5.60 Å². The van der Waals surface area contributed by atoms with Crippen LogP contribution in [-0.2, 0) is 4.74 Å². The lowest BCUT2D eigenvalue weighted by molar-refractivity contribution is 0.0275. The van der Waals surface area contributed by atoms with Crippen molar-refractivity contribution >= 4 is 12.1 Å². The van der Waals surface area contributed by atoms with Crippen molar-refractivity contribution in [2.24, 2.45) is 5.41 Å². The minimum atomic E-state index is -0.462. The number of amides is 3. The Kier molecular flexibility index (Phi) is 3.84. The zero-order valence-electron chi connectivity index (χ0n) is 12.9. The fourth-order valence-electron chi connectivity index (χ4n) is 3.02. The first-order valence-electron chi connectivity index (χ1n) is 7.19. The first kappa shape index (κ1) is 14.9. The highest BCUT2D eigenvalue weighted by molar-refractivity contribution is 5.74. The molecule has 2 rings (SSSR count). The van der Waals surface area contributed by atoms with Gasteiger partial charge < -0.3 is 19.9 Å². The lowest BCUT2D eigenvalue weighted by atomic mass is 9.86. The Balaban J connectivity index is 1.93. The molecule has 0 aromatic rings. The van der Waals surface area contributed by atoms with Crippen molar-refractivity contribution < 1.29 is 14.3 Å². The average molecular weight is 283 g/mol. The van der Waals surface area contributed by atoms with E-state index in [9.17, 15) is 9.59 Å². The van der Waals surface area contributed by atoms with Gasteiger partial charge in [0.25, 0.3) is 0 Å². The molecule has 0 saturated carbocycles. The molecule has 0 aromatic carbocycles. The number of ether oxygens (including phenoxy) is 1. The topological polar surface area (TPSA) is 61.9 Å². The van der Waals surface area contributed by atoms with E-state index in [0.29, 0.717) is 6.54 Å². The standard InChI is InChI=1S/C14H25N3O3/c1-13(2,3)20-12(19)17-8-6-14(10-17)5-7-16(9-14)11(18)15-4/h5-10H2,1-4H3,(H,15,18). The van der Waals surface area contributed by atoms with Crippen LogP contribution in [0.15, 0.2) is 0 Å². The molecule has 1 unspecified atom stereocenters. The van der Waals surface area contributed by atoms with Crippen LogP contribution in [0, 0.1) is 5.41 Å². The molecule has 114 valence electrons. The highest BCUT2D eigenvalue weighted by Crippen LogP contribution is 2.39. The van der Waals surface area contributed by atoms with E-state index in [1.807, 2.05) is 25.7 Å². The molecule has 2 heterocycles. The Morgan fingerprint density at radius 2 is 1.65 bits per heavy atom. The number of carbonyl (C=O) groups is 2. The Hall–Kier alpha value is -1.46. The molecule has 0 aliphatic carbocycles. The van der Waals surface area contributed by atoms with Gasteiger partial charge in [-0.15, -0.1) is 0 Å². The number of nitrogens with one attached hydrogen (secondary N) is 1. The zero-order valence-corrected chi connectivity index (χ0v) is 12.9. The molecule has 3 amide bonds. The normalized spacial score (nSPS) is 26.2. The van der Waals surface area contributed by atoms with Crippen molar-refractivity contribution in [2.45, 2.75) is 39.2 Å². The molecule has 1 spiro atoms. The van der Waals surface area contributed by atoms with Crippen LogP contribution < -0.4 is 5.32 Å². The Bertz CT molecular complexity index is 405. The minimum Gasteiger partial charge on any atom is -0.444 e. The second-order valence-corrected chi connectivity index (χ2v) is 6.88. The van der Waals surface area contributed by atoms with E-state index in [4.69, 9.17) is 4.74 Å². The van der Waals surface area contributed by atoms with Gasteiger partial charge >= 0.3 is 12.1 Å². The fourth-order valence-corrected chi connectivity index (χ4v) is 3.02. The van der Waals surface area contributed by atoms with Crippen molar-refractivity contribution in [3.8, 4) is 0 Å². The predicted molar refractivity (Wildman–Crippen MR) is 75.5 cm³/mol. The van der Waals surface area contributed by atoms with Crippen molar-refractivity contribution in [1.29, 1.82) is 0 Å². The highest BCUT2D eigenvalue weighted by Gasteiger charge is 2.46. The molecule has 2 saturated heterocycles. The summed E-state index contributed by atoms with van der Waals surface area (Å²) >= 11 is 0. The van der Waals surface area contributed by atoms with Gasteiger partial charge in [0.2, 0.25) is 0 Å². The second-order valence-electron chi connectivity index (χ2n) is 6.88. The monoisotopic (exact) mass is 283 g/mol. The van der Waals surface area contributed by atoms with E-state index in [0.717, 1.165) is 32.5 Å². The molecule has 0 aromatic heterocycles. The molecular formula is C14H25N3O3. The first-order chi connectivity index (χ1) is 9.25. The minimum absolute atomic E-state index is 0.0300. The average Bonchev–Trinajstić information content (AvgIpc) is 2.95. The summed E-state index contributed by atoms with van der Waals surface area (Å²) in [5, 5.41) is 2.66. The summed E-state index contributed by atoms with van der Waals surface area (Å²) in [6.45, 7) is 8.53. The summed E-state index contributed by atoms with van der Waals surface area (Å²) in [5.41, 5.74) is -0.403. The van der Waals surface area contributed by atoms with E-state index in [1.165, 1.54) is 0 Å². The molecule has 20 heavy (non-hydrogen) atoms. The Morgan fingerprint density at radius 3 is 2.20 bits per heavy atom. The number of likely N-dealkylation sites (tertiary alicyclic amines) is 2. The van der Waals surface area contributed by atoms with E-state index in [2.05, 4.69) is 5.32 Å². The van der Waals surface area contributed by atoms with Crippen LogP contribution in [0.2, 0.25) is 0 Å². The lowest BCUT2D eigenvalue weighted by Gasteiger charge is -2.27. The molecule has 0 radical (unpaired) electrons. The number of rotatable bonds is 0. The third-order valence-corrected chi connectivity index (χ3v) is 4.03. The van der Waals surface area contributed by atoms with Crippen molar-refractivity contribution in [2.75, 3.05) is 33.2 Å². The van der Waals surface area contributed by atoms with E-state index in [1.54, 1.807) is 11.9 Å². The number of hydrogen-bond acceptors (Lipinski definition) is 3. The number of nitrogens with zero attached hydrogens (tertiary/aromatic N) is 2.